The molecule has 0 spiro atoms. The van der Waals surface area contributed by atoms with Gasteiger partial charge in [-0.05, 0) is 28.9 Å². The van der Waals surface area contributed by atoms with Crippen LogP contribution in [0.1, 0.15) is 6.92 Å². The monoisotopic (exact) mass is 321 g/mol. The lowest BCUT2D eigenvalue weighted by Crippen LogP contribution is -2.25. The van der Waals surface area contributed by atoms with Crippen molar-refractivity contribution in [1.29, 1.82) is 0 Å². The summed E-state index contributed by atoms with van der Waals surface area (Å²) in [7, 11) is 1.16. The Morgan fingerprint density at radius 2 is 2.17 bits per heavy atom. The maximum atomic E-state index is 13.0. The van der Waals surface area contributed by atoms with Crippen LogP contribution in [-0.2, 0) is 9.53 Å². The molecule has 0 aliphatic heterocycles. The maximum absolute atomic E-state index is 13.0. The number of ether oxygens (including phenoxy) is 2. The van der Waals surface area contributed by atoms with E-state index >= 15 is 0 Å². The van der Waals surface area contributed by atoms with Crippen molar-refractivity contribution < 1.29 is 23.6 Å². The summed E-state index contributed by atoms with van der Waals surface area (Å²) >= 11 is 2.94. The van der Waals surface area contributed by atoms with E-state index in [9.17, 15) is 19.3 Å². The van der Waals surface area contributed by atoms with Gasteiger partial charge in [-0.1, -0.05) is 0 Å². The third-order valence-corrected chi connectivity index (χ3v) is 2.60. The third-order valence-electron chi connectivity index (χ3n) is 2.01. The molecule has 0 amide bonds. The Labute approximate surface area is 110 Å². The second-order valence-electron chi connectivity index (χ2n) is 3.28. The van der Waals surface area contributed by atoms with Crippen molar-refractivity contribution in [3.05, 3.63) is 32.5 Å². The van der Waals surface area contributed by atoms with Gasteiger partial charge >= 0.3 is 11.7 Å². The fourth-order valence-electron chi connectivity index (χ4n) is 1.19. The number of methoxy groups -OCH3 is 1. The molecule has 1 aromatic rings. The molecule has 0 unspecified atom stereocenters. The third kappa shape index (κ3) is 3.16. The molecule has 0 N–H and O–H groups in total. The van der Waals surface area contributed by atoms with Crippen LogP contribution < -0.4 is 4.74 Å². The van der Waals surface area contributed by atoms with Crippen molar-refractivity contribution in [3.63, 3.8) is 0 Å². The zero-order valence-electron chi connectivity index (χ0n) is 9.48. The normalized spacial score (nSPS) is 11.8. The standard InChI is InChI=1S/C10H9BrFNO5/c1-5(10(14)17-2)18-9-7(11)3-6(12)4-8(9)13(15)16/h3-5H,1-2H3/t5-/m0/s1. The van der Waals surface area contributed by atoms with Crippen molar-refractivity contribution in [2.45, 2.75) is 13.0 Å². The minimum atomic E-state index is -1.05. The summed E-state index contributed by atoms with van der Waals surface area (Å²) in [6.07, 6.45) is -1.05. The van der Waals surface area contributed by atoms with E-state index in [0.29, 0.717) is 6.07 Å². The van der Waals surface area contributed by atoms with E-state index in [2.05, 4.69) is 20.7 Å². The topological polar surface area (TPSA) is 78.7 Å². The van der Waals surface area contributed by atoms with Gasteiger partial charge in [0.1, 0.15) is 5.82 Å². The Morgan fingerprint density at radius 1 is 1.56 bits per heavy atom. The molecular weight excluding hydrogens is 313 g/mol. The lowest BCUT2D eigenvalue weighted by Gasteiger charge is -2.13. The summed E-state index contributed by atoms with van der Waals surface area (Å²) in [5.74, 6) is -1.70. The van der Waals surface area contributed by atoms with Crippen LogP contribution in [0.3, 0.4) is 0 Å². The van der Waals surface area contributed by atoms with Crippen LogP contribution >= 0.6 is 15.9 Å². The Morgan fingerprint density at radius 3 is 2.67 bits per heavy atom. The zero-order valence-corrected chi connectivity index (χ0v) is 11.1. The van der Waals surface area contributed by atoms with Gasteiger partial charge < -0.3 is 9.47 Å². The first kappa shape index (κ1) is 14.4. The van der Waals surface area contributed by atoms with Crippen molar-refractivity contribution in [2.24, 2.45) is 0 Å². The van der Waals surface area contributed by atoms with Gasteiger partial charge in [0.05, 0.1) is 22.6 Å². The number of nitro benzene ring substituents is 1. The van der Waals surface area contributed by atoms with Crippen LogP contribution in [0, 0.1) is 15.9 Å². The maximum Gasteiger partial charge on any atom is 0.346 e. The van der Waals surface area contributed by atoms with Crippen LogP contribution in [0.2, 0.25) is 0 Å². The molecule has 0 heterocycles. The average molecular weight is 322 g/mol. The number of hydrogen-bond acceptors (Lipinski definition) is 5. The molecule has 98 valence electrons. The minimum Gasteiger partial charge on any atom is -0.471 e. The van der Waals surface area contributed by atoms with E-state index in [-0.39, 0.29) is 10.2 Å². The second-order valence-corrected chi connectivity index (χ2v) is 4.13. The summed E-state index contributed by atoms with van der Waals surface area (Å²) in [6, 6.07) is 1.72. The molecule has 0 radical (unpaired) electrons. The fourth-order valence-corrected chi connectivity index (χ4v) is 1.71. The van der Waals surface area contributed by atoms with Crippen LogP contribution in [0.5, 0.6) is 5.75 Å². The zero-order chi connectivity index (χ0) is 13.9. The van der Waals surface area contributed by atoms with Gasteiger partial charge in [-0.25, -0.2) is 9.18 Å². The van der Waals surface area contributed by atoms with Gasteiger partial charge in [0, 0.05) is 0 Å². The highest BCUT2D eigenvalue weighted by atomic mass is 79.9. The van der Waals surface area contributed by atoms with Gasteiger partial charge in [-0.15, -0.1) is 0 Å². The largest absolute Gasteiger partial charge is 0.471 e. The minimum absolute atomic E-state index is 0.0463. The molecule has 6 nitrogen and oxygen atoms in total. The molecular formula is C10H9BrFNO5. The first-order valence-electron chi connectivity index (χ1n) is 4.74. The van der Waals surface area contributed by atoms with Crippen molar-refractivity contribution >= 4 is 27.6 Å². The molecule has 1 atom stereocenters. The number of halogens is 2. The number of carbonyl (C=O) groups is 1. The predicted octanol–water partition coefficient (Wildman–Crippen LogP) is 2.44. The number of hydrogen-bond donors (Lipinski definition) is 0. The molecule has 0 aromatic heterocycles. The second kappa shape index (κ2) is 5.76. The molecule has 8 heteroatoms. The highest BCUT2D eigenvalue weighted by Gasteiger charge is 2.25. The first-order valence-corrected chi connectivity index (χ1v) is 5.54. The predicted molar refractivity (Wildman–Crippen MR) is 62.9 cm³/mol. The number of benzene rings is 1. The summed E-state index contributed by atoms with van der Waals surface area (Å²) in [6.45, 7) is 1.37. The Kier molecular flexibility index (Phi) is 4.60. The lowest BCUT2D eigenvalue weighted by molar-refractivity contribution is -0.386. The summed E-state index contributed by atoms with van der Waals surface area (Å²) in [5, 5.41) is 10.8. The Balaban J connectivity index is 3.15. The Hall–Kier alpha value is -1.70. The Bertz CT molecular complexity index is 493. The number of rotatable bonds is 4. The number of nitrogens with zero attached hydrogens (tertiary/aromatic N) is 1. The number of carbonyl (C=O) groups excluding carboxylic acids is 1. The molecule has 0 bridgehead atoms. The smallest absolute Gasteiger partial charge is 0.346 e. The molecule has 0 aliphatic carbocycles. The van der Waals surface area contributed by atoms with Crippen LogP contribution in [-0.4, -0.2) is 24.1 Å². The summed E-state index contributed by atoms with van der Waals surface area (Å²) in [4.78, 5) is 21.1. The molecule has 0 saturated carbocycles. The lowest BCUT2D eigenvalue weighted by atomic mass is 10.3. The first-order chi connectivity index (χ1) is 8.36. The summed E-state index contributed by atoms with van der Waals surface area (Å²) in [5.41, 5.74) is -0.572. The SMILES string of the molecule is COC(=O)[C@H](C)Oc1c(Br)cc(F)cc1[N+](=O)[O-]. The van der Waals surface area contributed by atoms with Crippen LogP contribution in [0.15, 0.2) is 16.6 Å². The van der Waals surface area contributed by atoms with E-state index in [1.54, 1.807) is 0 Å². The van der Waals surface area contributed by atoms with Gasteiger partial charge in [0.15, 0.2) is 6.10 Å². The molecule has 1 rings (SSSR count). The fraction of sp³-hybridized carbons (Fsp3) is 0.300. The van der Waals surface area contributed by atoms with Crippen LogP contribution in [0.4, 0.5) is 10.1 Å². The molecule has 18 heavy (non-hydrogen) atoms. The number of nitro groups is 1. The van der Waals surface area contributed by atoms with Gasteiger partial charge in [-0.3, -0.25) is 10.1 Å². The van der Waals surface area contributed by atoms with Crippen molar-refractivity contribution in [2.75, 3.05) is 7.11 Å². The summed E-state index contributed by atoms with van der Waals surface area (Å²) < 4.78 is 22.6. The van der Waals surface area contributed by atoms with Crippen LogP contribution in [0.25, 0.3) is 0 Å². The van der Waals surface area contributed by atoms with Gasteiger partial charge in [0.2, 0.25) is 5.75 Å². The van der Waals surface area contributed by atoms with E-state index in [4.69, 9.17) is 4.74 Å². The van der Waals surface area contributed by atoms with Gasteiger partial charge in [0.25, 0.3) is 0 Å². The average Bonchev–Trinajstić information content (AvgIpc) is 2.30. The van der Waals surface area contributed by atoms with Gasteiger partial charge in [-0.2, -0.15) is 0 Å². The molecule has 0 saturated heterocycles. The molecule has 0 fully saturated rings. The highest BCUT2D eigenvalue weighted by molar-refractivity contribution is 9.10. The quantitative estimate of drug-likeness (QED) is 0.483. The van der Waals surface area contributed by atoms with Crippen molar-refractivity contribution in [3.8, 4) is 5.75 Å². The van der Waals surface area contributed by atoms with E-state index < -0.39 is 28.5 Å². The van der Waals surface area contributed by atoms with Crippen molar-refractivity contribution in [1.82, 2.24) is 0 Å². The molecule has 0 aliphatic rings. The van der Waals surface area contributed by atoms with E-state index in [1.165, 1.54) is 6.92 Å². The van der Waals surface area contributed by atoms with E-state index in [1.807, 2.05) is 0 Å². The highest BCUT2D eigenvalue weighted by Crippen LogP contribution is 2.36. The molecule has 1 aromatic carbocycles. The number of esters is 1. The van der Waals surface area contributed by atoms with E-state index in [0.717, 1.165) is 13.2 Å².